The monoisotopic (exact) mass is 375 g/mol. The lowest BCUT2D eigenvalue weighted by Gasteiger charge is -2.23. The van der Waals surface area contributed by atoms with Crippen molar-refractivity contribution in [2.24, 2.45) is 17.3 Å². The van der Waals surface area contributed by atoms with Crippen molar-refractivity contribution in [1.82, 2.24) is 14.6 Å². The van der Waals surface area contributed by atoms with E-state index in [0.29, 0.717) is 12.1 Å². The van der Waals surface area contributed by atoms with E-state index in [1.165, 1.54) is 6.07 Å². The standard InChI is InChI=1S/C21H18FN5O/c1-13-10-26(20(28)21(13,12-23)16-2-3-16)18-4-5-25-27-11-15(7-19(18)27)14-6-17(22)9-24-8-14/h4-9,11,13,16H,2-3,10H2,1H3/t13-,21+/m1/s1. The van der Waals surface area contributed by atoms with Crippen molar-refractivity contribution in [2.75, 3.05) is 11.4 Å². The highest BCUT2D eigenvalue weighted by Gasteiger charge is 2.61. The minimum atomic E-state index is -0.928. The summed E-state index contributed by atoms with van der Waals surface area (Å²) >= 11 is 0. The van der Waals surface area contributed by atoms with Gasteiger partial charge in [-0.05, 0) is 37.0 Å². The lowest BCUT2D eigenvalue weighted by molar-refractivity contribution is -0.124. The van der Waals surface area contributed by atoms with E-state index in [1.807, 2.05) is 13.0 Å². The van der Waals surface area contributed by atoms with Crippen LogP contribution >= 0.6 is 0 Å². The van der Waals surface area contributed by atoms with Crippen molar-refractivity contribution in [1.29, 1.82) is 5.26 Å². The number of nitriles is 1. The van der Waals surface area contributed by atoms with Gasteiger partial charge in [-0.15, -0.1) is 0 Å². The number of amides is 1. The Morgan fingerprint density at radius 3 is 2.82 bits per heavy atom. The van der Waals surface area contributed by atoms with Crippen LogP contribution in [0.25, 0.3) is 16.6 Å². The van der Waals surface area contributed by atoms with Gasteiger partial charge in [-0.25, -0.2) is 8.91 Å². The fourth-order valence-electron chi connectivity index (χ4n) is 4.46. The first kappa shape index (κ1) is 16.9. The van der Waals surface area contributed by atoms with E-state index in [-0.39, 0.29) is 17.7 Å². The highest BCUT2D eigenvalue weighted by Crippen LogP contribution is 2.54. The van der Waals surface area contributed by atoms with E-state index in [1.54, 1.807) is 34.1 Å². The van der Waals surface area contributed by atoms with Crippen LogP contribution in [0.4, 0.5) is 10.1 Å². The molecule has 2 aliphatic rings. The summed E-state index contributed by atoms with van der Waals surface area (Å²) in [4.78, 5) is 19.0. The van der Waals surface area contributed by atoms with Crippen LogP contribution in [0.1, 0.15) is 19.8 Å². The number of rotatable bonds is 3. The number of nitrogens with zero attached hydrogens (tertiary/aromatic N) is 5. The summed E-state index contributed by atoms with van der Waals surface area (Å²) in [5.74, 6) is -0.405. The molecule has 1 aliphatic carbocycles. The fourth-order valence-corrected chi connectivity index (χ4v) is 4.46. The van der Waals surface area contributed by atoms with Gasteiger partial charge in [0.15, 0.2) is 0 Å². The molecule has 28 heavy (non-hydrogen) atoms. The fraction of sp³-hybridized carbons (Fsp3) is 0.333. The second-order valence-electron chi connectivity index (χ2n) is 7.74. The van der Waals surface area contributed by atoms with Gasteiger partial charge in [0, 0.05) is 42.2 Å². The van der Waals surface area contributed by atoms with Gasteiger partial charge < -0.3 is 4.90 Å². The minimum absolute atomic E-state index is 0.0347. The Morgan fingerprint density at radius 1 is 1.29 bits per heavy atom. The second-order valence-corrected chi connectivity index (χ2v) is 7.74. The third kappa shape index (κ3) is 2.27. The zero-order chi connectivity index (χ0) is 19.5. The highest BCUT2D eigenvalue weighted by atomic mass is 19.1. The first-order chi connectivity index (χ1) is 13.5. The maximum absolute atomic E-state index is 13.6. The molecule has 4 heterocycles. The van der Waals surface area contributed by atoms with Crippen LogP contribution in [0.3, 0.4) is 0 Å². The number of carbonyl (C=O) groups is 1. The van der Waals surface area contributed by atoms with E-state index in [2.05, 4.69) is 16.2 Å². The summed E-state index contributed by atoms with van der Waals surface area (Å²) in [5.41, 5.74) is 1.94. The molecule has 1 saturated carbocycles. The van der Waals surface area contributed by atoms with Crippen molar-refractivity contribution in [3.63, 3.8) is 0 Å². The molecule has 0 N–H and O–H groups in total. The molecule has 2 fully saturated rings. The third-order valence-electron chi connectivity index (χ3n) is 6.05. The molecule has 3 aromatic rings. The van der Waals surface area contributed by atoms with E-state index in [0.717, 1.165) is 35.8 Å². The van der Waals surface area contributed by atoms with Crippen molar-refractivity contribution < 1.29 is 9.18 Å². The van der Waals surface area contributed by atoms with E-state index >= 15 is 0 Å². The molecule has 5 rings (SSSR count). The van der Waals surface area contributed by atoms with Crippen LogP contribution in [0.2, 0.25) is 0 Å². The van der Waals surface area contributed by atoms with Gasteiger partial charge in [0.1, 0.15) is 11.2 Å². The van der Waals surface area contributed by atoms with E-state index in [9.17, 15) is 14.4 Å². The molecule has 0 bridgehead atoms. The molecule has 1 aliphatic heterocycles. The van der Waals surface area contributed by atoms with Gasteiger partial charge >= 0.3 is 0 Å². The van der Waals surface area contributed by atoms with Crippen molar-refractivity contribution >= 4 is 17.1 Å². The van der Waals surface area contributed by atoms with Gasteiger partial charge in [-0.1, -0.05) is 6.92 Å². The number of aromatic nitrogens is 3. The Kier molecular flexibility index (Phi) is 3.53. The normalized spacial score (nSPS) is 24.7. The van der Waals surface area contributed by atoms with E-state index < -0.39 is 11.2 Å². The first-order valence-corrected chi connectivity index (χ1v) is 9.36. The number of pyridine rings is 1. The van der Waals surface area contributed by atoms with Crippen LogP contribution in [-0.2, 0) is 4.79 Å². The Balaban J connectivity index is 1.60. The van der Waals surface area contributed by atoms with Gasteiger partial charge in [0.05, 0.1) is 23.5 Å². The summed E-state index contributed by atoms with van der Waals surface area (Å²) in [7, 11) is 0. The molecule has 1 amide bonds. The molecule has 7 heteroatoms. The minimum Gasteiger partial charge on any atom is -0.309 e. The van der Waals surface area contributed by atoms with Crippen LogP contribution in [-0.4, -0.2) is 27.0 Å². The second kappa shape index (κ2) is 5.86. The summed E-state index contributed by atoms with van der Waals surface area (Å²) in [6.45, 7) is 2.49. The Hall–Kier alpha value is -3.27. The third-order valence-corrected chi connectivity index (χ3v) is 6.05. The van der Waals surface area contributed by atoms with Crippen molar-refractivity contribution in [2.45, 2.75) is 19.8 Å². The zero-order valence-electron chi connectivity index (χ0n) is 15.3. The average molecular weight is 375 g/mol. The lowest BCUT2D eigenvalue weighted by Crippen LogP contribution is -2.37. The molecule has 0 radical (unpaired) electrons. The molecule has 2 atom stereocenters. The Morgan fingerprint density at radius 2 is 2.11 bits per heavy atom. The Labute approximate surface area is 161 Å². The van der Waals surface area contributed by atoms with Crippen molar-refractivity contribution in [3.05, 3.63) is 48.8 Å². The predicted molar refractivity (Wildman–Crippen MR) is 101 cm³/mol. The van der Waals surface area contributed by atoms with E-state index in [4.69, 9.17) is 0 Å². The lowest BCUT2D eigenvalue weighted by atomic mass is 9.75. The zero-order valence-corrected chi connectivity index (χ0v) is 15.3. The van der Waals surface area contributed by atoms with Crippen LogP contribution < -0.4 is 4.90 Å². The molecule has 3 aromatic heterocycles. The SMILES string of the molecule is C[C@@H]1CN(c2ccnn3cc(-c4cncc(F)c4)cc23)C(=O)[C@]1(C#N)C1CC1. The summed E-state index contributed by atoms with van der Waals surface area (Å²) in [6.07, 6.45) is 8.05. The molecule has 6 nitrogen and oxygen atoms in total. The van der Waals surface area contributed by atoms with Gasteiger partial charge in [0.25, 0.3) is 0 Å². The number of fused-ring (bicyclic) bond motifs is 1. The van der Waals surface area contributed by atoms with Crippen molar-refractivity contribution in [3.8, 4) is 17.2 Å². The number of halogens is 1. The molecular weight excluding hydrogens is 357 g/mol. The topological polar surface area (TPSA) is 74.3 Å². The summed E-state index contributed by atoms with van der Waals surface area (Å²) in [6, 6.07) is 7.45. The van der Waals surface area contributed by atoms with Gasteiger partial charge in [-0.2, -0.15) is 10.4 Å². The molecule has 0 unspecified atom stereocenters. The van der Waals surface area contributed by atoms with Crippen LogP contribution in [0, 0.1) is 34.4 Å². The predicted octanol–water partition coefficient (Wildman–Crippen LogP) is 3.44. The molecule has 0 aromatic carbocycles. The van der Waals surface area contributed by atoms with Crippen LogP contribution in [0.5, 0.6) is 0 Å². The summed E-state index contributed by atoms with van der Waals surface area (Å²) in [5, 5.41) is 14.2. The maximum Gasteiger partial charge on any atom is 0.248 e. The molecular formula is C21H18FN5O. The number of hydrogen-bond donors (Lipinski definition) is 0. The molecule has 140 valence electrons. The number of hydrogen-bond acceptors (Lipinski definition) is 4. The van der Waals surface area contributed by atoms with Gasteiger partial charge in [0.2, 0.25) is 5.91 Å². The maximum atomic E-state index is 13.6. The number of anilines is 1. The van der Waals surface area contributed by atoms with Gasteiger partial charge in [-0.3, -0.25) is 9.78 Å². The summed E-state index contributed by atoms with van der Waals surface area (Å²) < 4.78 is 15.2. The number of carbonyl (C=O) groups excluding carboxylic acids is 1. The highest BCUT2D eigenvalue weighted by molar-refractivity contribution is 6.05. The quantitative estimate of drug-likeness (QED) is 0.703. The Bertz CT molecular complexity index is 1150. The smallest absolute Gasteiger partial charge is 0.248 e. The van der Waals surface area contributed by atoms with Crippen LogP contribution in [0.15, 0.2) is 43.0 Å². The largest absolute Gasteiger partial charge is 0.309 e. The first-order valence-electron chi connectivity index (χ1n) is 9.36. The molecule has 1 saturated heterocycles. The molecule has 0 spiro atoms. The average Bonchev–Trinajstić information content (AvgIpc) is 3.38.